The van der Waals surface area contributed by atoms with Crippen LogP contribution in [-0.4, -0.2) is 0 Å². The zero-order chi connectivity index (χ0) is 7.98. The Hall–Kier alpha value is 0.934. The van der Waals surface area contributed by atoms with Crippen LogP contribution >= 0.6 is 27.9 Å². The Labute approximate surface area is 78.9 Å². The van der Waals surface area contributed by atoms with Gasteiger partial charge in [0.1, 0.15) is 0 Å². The monoisotopic (exact) mass is 232 g/mol. The summed E-state index contributed by atoms with van der Waals surface area (Å²) in [5.41, 5.74) is 1.34. The average Bonchev–Trinajstić information content (AvgIpc) is 2.15. The van der Waals surface area contributed by atoms with Crippen molar-refractivity contribution in [2.45, 2.75) is 6.92 Å². The summed E-state index contributed by atoms with van der Waals surface area (Å²) in [5, 5.41) is 0. The summed E-state index contributed by atoms with van der Waals surface area (Å²) in [5.74, 6) is 0. The molecule has 0 atom stereocenters. The summed E-state index contributed by atoms with van der Waals surface area (Å²) in [4.78, 5) is 0. The molecule has 0 aliphatic rings. The molecule has 0 saturated carbocycles. The fraction of sp³-hybridized carbons (Fsp3) is 0.167. The Kier molecular flexibility index (Phi) is 7.25. The van der Waals surface area contributed by atoms with Crippen molar-refractivity contribution in [3.8, 4) is 0 Å². The van der Waals surface area contributed by atoms with E-state index < -0.39 is 14.7 Å². The van der Waals surface area contributed by atoms with Crippen LogP contribution in [-0.2, 0) is 14.7 Å². The van der Waals surface area contributed by atoms with Gasteiger partial charge in [-0.2, -0.15) is 17.7 Å². The van der Waals surface area contributed by atoms with Crippen LogP contribution in [0.2, 0.25) is 0 Å². The van der Waals surface area contributed by atoms with Gasteiger partial charge in [-0.1, -0.05) is 6.92 Å². The molecule has 10 heavy (non-hydrogen) atoms. The van der Waals surface area contributed by atoms with Crippen molar-refractivity contribution in [1.82, 2.24) is 0 Å². The van der Waals surface area contributed by atoms with Crippen LogP contribution in [0.25, 0.3) is 0 Å². The molecule has 0 amide bonds. The van der Waals surface area contributed by atoms with Crippen molar-refractivity contribution in [1.29, 1.82) is 0 Å². The molecule has 0 bridgehead atoms. The van der Waals surface area contributed by atoms with Gasteiger partial charge in [0.15, 0.2) is 0 Å². The molecule has 0 fully saturated rings. The Morgan fingerprint density at radius 2 is 1.90 bits per heavy atom. The molecule has 0 aromatic heterocycles. The molecule has 0 heterocycles. The van der Waals surface area contributed by atoms with Crippen LogP contribution in [0.15, 0.2) is 24.3 Å². The van der Waals surface area contributed by atoms with Gasteiger partial charge in [0.05, 0.1) is 0 Å². The average molecular weight is 233 g/mol. The molecule has 56 valence electrons. The molecule has 0 aliphatic carbocycles. The third-order valence-electron chi connectivity index (χ3n) is 0.829. The summed E-state index contributed by atoms with van der Waals surface area (Å²) in [6.07, 6.45) is 0. The third-order valence-corrected chi connectivity index (χ3v) is 0.829. The minimum atomic E-state index is -1.92. The van der Waals surface area contributed by atoms with Crippen LogP contribution in [0, 0.1) is 6.92 Å². The predicted octanol–water partition coefficient (Wildman–Crippen LogP) is 3.78. The van der Waals surface area contributed by atoms with E-state index in [1.54, 1.807) is 0 Å². The van der Waals surface area contributed by atoms with Crippen molar-refractivity contribution in [2.24, 2.45) is 0 Å². The molecule has 0 unspecified atom stereocenters. The van der Waals surface area contributed by atoms with E-state index in [1.165, 1.54) is 5.56 Å². The van der Waals surface area contributed by atoms with Gasteiger partial charge < -0.3 is 0 Å². The second-order valence-electron chi connectivity index (χ2n) is 1.68. The van der Waals surface area contributed by atoms with Crippen molar-refractivity contribution in [3.63, 3.8) is 0 Å². The van der Waals surface area contributed by atoms with Gasteiger partial charge >= 0.3 is 42.6 Å². The van der Waals surface area contributed by atoms with Crippen molar-refractivity contribution in [2.75, 3.05) is 0 Å². The molecule has 0 saturated heterocycles. The summed E-state index contributed by atoms with van der Waals surface area (Å²) in [6, 6.07) is 8.24. The van der Waals surface area contributed by atoms with Crippen molar-refractivity contribution < 1.29 is 14.7 Å². The molecule has 0 radical (unpaired) electrons. The minimum absolute atomic E-state index is 1.34. The van der Waals surface area contributed by atoms with E-state index in [1.807, 2.05) is 12.1 Å². The zero-order valence-electron chi connectivity index (χ0n) is 5.44. The van der Waals surface area contributed by atoms with Crippen LogP contribution in [0.1, 0.15) is 5.56 Å². The topological polar surface area (TPSA) is 0 Å². The number of rotatable bonds is 0. The van der Waals surface area contributed by atoms with Crippen LogP contribution in [0.4, 0.5) is 0 Å². The normalized spacial score (nSPS) is 8.00. The maximum atomic E-state index is 4.97. The number of halogens is 3. The third kappa shape index (κ3) is 8.93. The number of hydrogen-bond acceptors (Lipinski definition) is 0. The quantitative estimate of drug-likeness (QED) is 0.472. The first-order chi connectivity index (χ1) is 4.63. The van der Waals surface area contributed by atoms with Gasteiger partial charge in [0.25, 0.3) is 0 Å². The Bertz CT molecular complexity index is 145. The Morgan fingerprint density at radius 3 is 2.00 bits per heavy atom. The maximum absolute atomic E-state index is 4.97. The van der Waals surface area contributed by atoms with E-state index in [4.69, 9.17) is 27.9 Å². The first-order valence-electron chi connectivity index (χ1n) is 2.64. The summed E-state index contributed by atoms with van der Waals surface area (Å²) in [6.45, 7) is 2.08. The summed E-state index contributed by atoms with van der Waals surface area (Å²) < 4.78 is 0. The standard InChI is InChI=1S/C6H7.3ClH.Ti/c1-6-4-2-3-5-6;;;;/h2-5H,1H3;3*1H;/q-1;;;;+4/p-3. The van der Waals surface area contributed by atoms with Crippen LogP contribution in [0.5, 0.6) is 0 Å². The zero-order valence-corrected chi connectivity index (χ0v) is 9.27. The molecule has 1 aromatic carbocycles. The van der Waals surface area contributed by atoms with E-state index in [9.17, 15) is 0 Å². The fourth-order valence-corrected chi connectivity index (χ4v) is 0.470. The van der Waals surface area contributed by atoms with E-state index in [0.29, 0.717) is 0 Å². The van der Waals surface area contributed by atoms with Gasteiger partial charge in [-0.05, 0) is 0 Å². The SMILES string of the molecule is Cc1ccc[cH-]1.[Cl][Ti+]([Cl])[Cl]. The van der Waals surface area contributed by atoms with Crippen molar-refractivity contribution >= 4 is 27.9 Å². The van der Waals surface area contributed by atoms with Gasteiger partial charge in [-0.3, -0.25) is 0 Å². The summed E-state index contributed by atoms with van der Waals surface area (Å²) >= 11 is -1.92. The van der Waals surface area contributed by atoms with Crippen molar-refractivity contribution in [3.05, 3.63) is 29.8 Å². The molecule has 0 N–H and O–H groups in total. The number of hydrogen-bond donors (Lipinski definition) is 0. The fourth-order valence-electron chi connectivity index (χ4n) is 0.470. The van der Waals surface area contributed by atoms with Gasteiger partial charge in [-0.25, -0.2) is 12.1 Å². The summed E-state index contributed by atoms with van der Waals surface area (Å²) in [7, 11) is 14.9. The van der Waals surface area contributed by atoms with Crippen LogP contribution < -0.4 is 0 Å². The van der Waals surface area contributed by atoms with Crippen LogP contribution in [0.3, 0.4) is 0 Å². The first kappa shape index (κ1) is 10.9. The second-order valence-corrected chi connectivity index (χ2v) is 9.41. The Morgan fingerprint density at radius 1 is 1.40 bits per heavy atom. The molecule has 4 heteroatoms. The van der Waals surface area contributed by atoms with E-state index in [2.05, 4.69) is 19.1 Å². The second kappa shape index (κ2) is 6.63. The Balaban J connectivity index is 0.000000180. The molecule has 0 aliphatic heterocycles. The molecular formula is C6H7Cl3Ti. The molecule has 0 spiro atoms. The van der Waals surface area contributed by atoms with Gasteiger partial charge in [0.2, 0.25) is 0 Å². The van der Waals surface area contributed by atoms with E-state index in [-0.39, 0.29) is 0 Å². The molecule has 0 nitrogen and oxygen atoms in total. The number of aryl methyl sites for hydroxylation is 1. The van der Waals surface area contributed by atoms with E-state index in [0.717, 1.165) is 0 Å². The molecular weight excluding hydrogens is 226 g/mol. The molecule has 1 rings (SSSR count). The molecule has 1 aromatic rings. The van der Waals surface area contributed by atoms with E-state index >= 15 is 0 Å². The first-order valence-corrected chi connectivity index (χ1v) is 9.09. The van der Waals surface area contributed by atoms with Gasteiger partial charge in [0, 0.05) is 0 Å². The predicted molar refractivity (Wildman–Crippen MR) is 44.3 cm³/mol. The van der Waals surface area contributed by atoms with Gasteiger partial charge in [-0.15, -0.1) is 0 Å².